The van der Waals surface area contributed by atoms with Gasteiger partial charge >= 0.3 is 0 Å². The standard InChI is InChI=1S/C20H19N3O/c21-14-17-12-7-13-23(17)20(24)19(22)18(15-8-3-1-4-9-15)16-10-5-2-6-11-16/h1-12,17-19H,13,22H2/t17-,19?/m0/s1. The third-order valence-electron chi connectivity index (χ3n) is 4.33. The van der Waals surface area contributed by atoms with Crippen LogP contribution in [0.15, 0.2) is 72.8 Å². The van der Waals surface area contributed by atoms with Crippen LogP contribution in [0.4, 0.5) is 0 Å². The van der Waals surface area contributed by atoms with Crippen molar-refractivity contribution in [1.29, 1.82) is 5.26 Å². The molecule has 120 valence electrons. The van der Waals surface area contributed by atoms with E-state index in [1.165, 1.54) is 4.90 Å². The molecule has 1 heterocycles. The van der Waals surface area contributed by atoms with Crippen LogP contribution in [0.2, 0.25) is 0 Å². The molecular weight excluding hydrogens is 298 g/mol. The lowest BCUT2D eigenvalue weighted by atomic mass is 9.84. The summed E-state index contributed by atoms with van der Waals surface area (Å²) >= 11 is 0. The summed E-state index contributed by atoms with van der Waals surface area (Å²) in [5.41, 5.74) is 8.38. The van der Waals surface area contributed by atoms with Gasteiger partial charge in [0.15, 0.2) is 0 Å². The Bertz CT molecular complexity index is 725. The van der Waals surface area contributed by atoms with Crippen molar-refractivity contribution >= 4 is 5.91 Å². The molecule has 2 atom stereocenters. The molecule has 1 amide bonds. The molecule has 0 spiro atoms. The van der Waals surface area contributed by atoms with E-state index in [0.717, 1.165) is 11.1 Å². The van der Waals surface area contributed by atoms with Gasteiger partial charge in [-0.1, -0.05) is 66.7 Å². The van der Waals surface area contributed by atoms with Crippen LogP contribution in [0.25, 0.3) is 0 Å². The Morgan fingerprint density at radius 2 is 1.62 bits per heavy atom. The Balaban J connectivity index is 1.94. The number of rotatable bonds is 4. The predicted octanol–water partition coefficient (Wildman–Crippen LogP) is 2.44. The number of hydrogen-bond acceptors (Lipinski definition) is 3. The van der Waals surface area contributed by atoms with Gasteiger partial charge < -0.3 is 10.6 Å². The number of hydrogen-bond donors (Lipinski definition) is 1. The molecule has 0 saturated heterocycles. The minimum absolute atomic E-state index is 0.204. The summed E-state index contributed by atoms with van der Waals surface area (Å²) in [6, 6.07) is 20.4. The van der Waals surface area contributed by atoms with Crippen LogP contribution in [0.1, 0.15) is 17.0 Å². The number of carbonyl (C=O) groups is 1. The van der Waals surface area contributed by atoms with Crippen molar-refractivity contribution in [3.63, 3.8) is 0 Å². The summed E-state index contributed by atoms with van der Waals surface area (Å²) in [4.78, 5) is 14.4. The van der Waals surface area contributed by atoms with Gasteiger partial charge in [-0.15, -0.1) is 0 Å². The van der Waals surface area contributed by atoms with E-state index >= 15 is 0 Å². The normalized spacial score (nSPS) is 17.7. The fourth-order valence-electron chi connectivity index (χ4n) is 3.12. The number of nitrogens with zero attached hydrogens (tertiary/aromatic N) is 2. The van der Waals surface area contributed by atoms with E-state index in [-0.39, 0.29) is 11.8 Å². The molecule has 1 aliphatic heterocycles. The van der Waals surface area contributed by atoms with Crippen LogP contribution in [-0.2, 0) is 4.79 Å². The Kier molecular flexibility index (Phi) is 4.74. The van der Waals surface area contributed by atoms with Crippen LogP contribution in [0, 0.1) is 11.3 Å². The molecule has 1 unspecified atom stereocenters. The number of nitrogens with two attached hydrogens (primary N) is 1. The summed E-state index contributed by atoms with van der Waals surface area (Å²) in [5, 5.41) is 9.20. The van der Waals surface area contributed by atoms with Crippen molar-refractivity contribution in [3.8, 4) is 6.07 Å². The molecule has 2 N–H and O–H groups in total. The van der Waals surface area contributed by atoms with Gasteiger partial charge in [0.25, 0.3) is 0 Å². The SMILES string of the molecule is N#C[C@@H]1C=CCN1C(=O)C(N)C(c1ccccc1)c1ccccc1. The summed E-state index contributed by atoms with van der Waals surface area (Å²) in [5.74, 6) is -0.455. The van der Waals surface area contributed by atoms with Gasteiger partial charge in [-0.2, -0.15) is 5.26 Å². The summed E-state index contributed by atoms with van der Waals surface area (Å²) in [7, 11) is 0. The zero-order chi connectivity index (χ0) is 16.9. The largest absolute Gasteiger partial charge is 0.319 e. The third kappa shape index (κ3) is 3.08. The lowest BCUT2D eigenvalue weighted by molar-refractivity contribution is -0.132. The summed E-state index contributed by atoms with van der Waals surface area (Å²) in [6.45, 7) is 0.432. The molecule has 4 nitrogen and oxygen atoms in total. The van der Waals surface area contributed by atoms with Crippen molar-refractivity contribution in [2.75, 3.05) is 6.54 Å². The first-order chi connectivity index (χ1) is 11.7. The van der Waals surface area contributed by atoms with Gasteiger partial charge in [0.2, 0.25) is 5.91 Å². The molecule has 0 aromatic heterocycles. The Morgan fingerprint density at radius 3 is 2.12 bits per heavy atom. The van der Waals surface area contributed by atoms with E-state index in [0.29, 0.717) is 6.54 Å². The van der Waals surface area contributed by atoms with E-state index in [9.17, 15) is 10.1 Å². The monoisotopic (exact) mass is 317 g/mol. The van der Waals surface area contributed by atoms with Gasteiger partial charge in [0.1, 0.15) is 6.04 Å². The summed E-state index contributed by atoms with van der Waals surface area (Å²) < 4.78 is 0. The summed E-state index contributed by atoms with van der Waals surface area (Å²) in [6.07, 6.45) is 3.57. The molecule has 0 bridgehead atoms. The second kappa shape index (κ2) is 7.12. The van der Waals surface area contributed by atoms with E-state index in [1.807, 2.05) is 66.7 Å². The highest BCUT2D eigenvalue weighted by Crippen LogP contribution is 2.28. The fraction of sp³-hybridized carbons (Fsp3) is 0.200. The molecule has 0 fully saturated rings. The van der Waals surface area contributed by atoms with Crippen LogP contribution in [-0.4, -0.2) is 29.4 Å². The maximum absolute atomic E-state index is 12.9. The Labute approximate surface area is 141 Å². The highest BCUT2D eigenvalue weighted by atomic mass is 16.2. The number of benzene rings is 2. The molecule has 0 radical (unpaired) electrons. The zero-order valence-electron chi connectivity index (χ0n) is 13.2. The van der Waals surface area contributed by atoms with Crippen LogP contribution in [0.3, 0.4) is 0 Å². The highest BCUT2D eigenvalue weighted by molar-refractivity contribution is 5.85. The number of amides is 1. The van der Waals surface area contributed by atoms with Gasteiger partial charge in [0.05, 0.1) is 12.1 Å². The fourth-order valence-corrected chi connectivity index (χ4v) is 3.12. The van der Waals surface area contributed by atoms with Crippen molar-refractivity contribution in [2.24, 2.45) is 5.73 Å². The molecule has 1 aliphatic rings. The smallest absolute Gasteiger partial charge is 0.242 e. The van der Waals surface area contributed by atoms with Crippen molar-refractivity contribution in [2.45, 2.75) is 18.0 Å². The van der Waals surface area contributed by atoms with Crippen LogP contribution >= 0.6 is 0 Å². The molecular formula is C20H19N3O. The van der Waals surface area contributed by atoms with Crippen molar-refractivity contribution in [1.82, 2.24) is 4.90 Å². The molecule has 0 aliphatic carbocycles. The molecule has 3 rings (SSSR count). The second-order valence-electron chi connectivity index (χ2n) is 5.82. The maximum atomic E-state index is 12.9. The lowest BCUT2D eigenvalue weighted by Gasteiger charge is -2.29. The first-order valence-electron chi connectivity index (χ1n) is 7.94. The van der Waals surface area contributed by atoms with Crippen molar-refractivity contribution < 1.29 is 4.79 Å². The topological polar surface area (TPSA) is 70.1 Å². The van der Waals surface area contributed by atoms with E-state index in [2.05, 4.69) is 6.07 Å². The lowest BCUT2D eigenvalue weighted by Crippen LogP contribution is -2.49. The van der Waals surface area contributed by atoms with Gasteiger partial charge in [-0.05, 0) is 17.2 Å². The first-order valence-corrected chi connectivity index (χ1v) is 7.94. The quantitative estimate of drug-likeness (QED) is 0.881. The number of carbonyl (C=O) groups excluding carboxylic acids is 1. The van der Waals surface area contributed by atoms with Gasteiger partial charge in [-0.3, -0.25) is 4.79 Å². The van der Waals surface area contributed by atoms with Gasteiger partial charge in [-0.25, -0.2) is 0 Å². The van der Waals surface area contributed by atoms with E-state index < -0.39 is 12.1 Å². The molecule has 4 heteroatoms. The molecule has 0 saturated carbocycles. The average Bonchev–Trinajstić information content (AvgIpc) is 3.12. The van der Waals surface area contributed by atoms with Crippen molar-refractivity contribution in [3.05, 3.63) is 83.9 Å². The molecule has 2 aromatic rings. The Morgan fingerprint density at radius 1 is 1.08 bits per heavy atom. The third-order valence-corrected chi connectivity index (χ3v) is 4.33. The first kappa shape index (κ1) is 16.0. The highest BCUT2D eigenvalue weighted by Gasteiger charge is 2.34. The van der Waals surface area contributed by atoms with E-state index in [4.69, 9.17) is 5.73 Å². The zero-order valence-corrected chi connectivity index (χ0v) is 13.2. The maximum Gasteiger partial charge on any atom is 0.242 e. The predicted molar refractivity (Wildman–Crippen MR) is 93.0 cm³/mol. The van der Waals surface area contributed by atoms with Crippen LogP contribution in [0.5, 0.6) is 0 Å². The molecule has 24 heavy (non-hydrogen) atoms. The number of nitriles is 1. The average molecular weight is 317 g/mol. The minimum atomic E-state index is -0.745. The van der Waals surface area contributed by atoms with Gasteiger partial charge in [0, 0.05) is 12.5 Å². The van der Waals surface area contributed by atoms with Crippen LogP contribution < -0.4 is 5.73 Å². The van der Waals surface area contributed by atoms with E-state index in [1.54, 1.807) is 6.08 Å². The Hall–Kier alpha value is -2.90. The second-order valence-corrected chi connectivity index (χ2v) is 5.82. The minimum Gasteiger partial charge on any atom is -0.319 e. The molecule has 2 aromatic carbocycles.